The van der Waals surface area contributed by atoms with Crippen LogP contribution in [0.3, 0.4) is 0 Å². The molecule has 0 aliphatic carbocycles. The highest BCUT2D eigenvalue weighted by Gasteiger charge is 2.13. The maximum atomic E-state index is 9.21. The number of rotatable bonds is 5. The Morgan fingerprint density at radius 2 is 1.89 bits per heavy atom. The Kier molecular flexibility index (Phi) is 5.20. The molecule has 0 saturated heterocycles. The highest BCUT2D eigenvalue weighted by molar-refractivity contribution is 5.27. The van der Waals surface area contributed by atoms with E-state index < -0.39 is 0 Å². The van der Waals surface area contributed by atoms with Crippen molar-refractivity contribution in [1.82, 2.24) is 0 Å². The molecule has 0 aromatic heterocycles. The number of aliphatic hydroxyl groups excluding tert-OH is 1. The standard InChI is InChI=1S/C14H21N3O/c1-14(2,3)13-6-4-11(5-7-13)8-12(10-18)9-16-17-15/h4-7,12,18H,8-10H2,1-3H3. The molecule has 0 saturated carbocycles. The number of azide groups is 1. The lowest BCUT2D eigenvalue weighted by Gasteiger charge is -2.19. The largest absolute Gasteiger partial charge is 0.396 e. The number of nitrogens with zero attached hydrogens (tertiary/aromatic N) is 3. The van der Waals surface area contributed by atoms with Crippen molar-refractivity contribution >= 4 is 0 Å². The van der Waals surface area contributed by atoms with Crippen molar-refractivity contribution in [2.45, 2.75) is 32.6 Å². The van der Waals surface area contributed by atoms with Crippen LogP contribution in [0.25, 0.3) is 10.4 Å². The fourth-order valence-electron chi connectivity index (χ4n) is 1.81. The topological polar surface area (TPSA) is 69.0 Å². The number of aliphatic hydroxyl groups is 1. The van der Waals surface area contributed by atoms with Gasteiger partial charge in [0.05, 0.1) is 0 Å². The predicted octanol–water partition coefficient (Wildman–Crippen LogP) is 3.45. The van der Waals surface area contributed by atoms with Gasteiger partial charge >= 0.3 is 0 Å². The van der Waals surface area contributed by atoms with Gasteiger partial charge in [-0.25, -0.2) is 0 Å². The summed E-state index contributed by atoms with van der Waals surface area (Å²) in [5.41, 5.74) is 10.9. The molecular weight excluding hydrogens is 226 g/mol. The molecule has 1 aromatic rings. The van der Waals surface area contributed by atoms with Crippen LogP contribution < -0.4 is 0 Å². The van der Waals surface area contributed by atoms with Gasteiger partial charge in [0.15, 0.2) is 0 Å². The second kappa shape index (κ2) is 6.43. The van der Waals surface area contributed by atoms with Crippen LogP contribution in [0.4, 0.5) is 0 Å². The van der Waals surface area contributed by atoms with E-state index in [1.807, 2.05) is 0 Å². The first-order valence-corrected chi connectivity index (χ1v) is 6.18. The summed E-state index contributed by atoms with van der Waals surface area (Å²) >= 11 is 0. The molecule has 0 fully saturated rings. The fraction of sp³-hybridized carbons (Fsp3) is 0.571. The third-order valence-corrected chi connectivity index (χ3v) is 3.01. The zero-order valence-electron chi connectivity index (χ0n) is 11.3. The average molecular weight is 247 g/mol. The molecule has 4 heteroatoms. The van der Waals surface area contributed by atoms with Crippen molar-refractivity contribution in [1.29, 1.82) is 0 Å². The number of benzene rings is 1. The molecule has 0 amide bonds. The minimum Gasteiger partial charge on any atom is -0.396 e. The van der Waals surface area contributed by atoms with Crippen LogP contribution >= 0.6 is 0 Å². The molecule has 1 rings (SSSR count). The predicted molar refractivity (Wildman–Crippen MR) is 73.4 cm³/mol. The van der Waals surface area contributed by atoms with E-state index in [0.717, 1.165) is 12.0 Å². The van der Waals surface area contributed by atoms with Crippen LogP contribution in [0.5, 0.6) is 0 Å². The molecule has 18 heavy (non-hydrogen) atoms. The third kappa shape index (κ3) is 4.40. The number of hydrogen-bond acceptors (Lipinski definition) is 2. The zero-order valence-corrected chi connectivity index (χ0v) is 11.3. The second-order valence-corrected chi connectivity index (χ2v) is 5.61. The van der Waals surface area contributed by atoms with Crippen LogP contribution in [0.1, 0.15) is 31.9 Å². The smallest absolute Gasteiger partial charge is 0.0463 e. The summed E-state index contributed by atoms with van der Waals surface area (Å²) in [6.07, 6.45) is 0.736. The van der Waals surface area contributed by atoms with E-state index in [-0.39, 0.29) is 17.9 Å². The molecular formula is C14H21N3O. The molecule has 0 heterocycles. The normalized spacial score (nSPS) is 12.9. The molecule has 1 aromatic carbocycles. The van der Waals surface area contributed by atoms with E-state index >= 15 is 0 Å². The van der Waals surface area contributed by atoms with Crippen LogP contribution in [0, 0.1) is 5.92 Å². The SMILES string of the molecule is CC(C)(C)c1ccc(CC(CO)CN=[N+]=[N-])cc1. The quantitative estimate of drug-likeness (QED) is 0.483. The zero-order chi connectivity index (χ0) is 13.6. The fourth-order valence-corrected chi connectivity index (χ4v) is 1.81. The van der Waals surface area contributed by atoms with Gasteiger partial charge in [0.2, 0.25) is 0 Å². The molecule has 0 spiro atoms. The molecule has 1 atom stereocenters. The summed E-state index contributed by atoms with van der Waals surface area (Å²) in [5, 5.41) is 12.7. The first kappa shape index (κ1) is 14.6. The Bertz CT molecular complexity index is 414. The molecule has 0 bridgehead atoms. The van der Waals surface area contributed by atoms with Crippen LogP contribution in [-0.2, 0) is 11.8 Å². The summed E-state index contributed by atoms with van der Waals surface area (Å²) in [7, 11) is 0. The summed E-state index contributed by atoms with van der Waals surface area (Å²) in [6.45, 7) is 6.93. The van der Waals surface area contributed by atoms with Gasteiger partial charge in [0.25, 0.3) is 0 Å². The molecule has 1 unspecified atom stereocenters. The lowest BCUT2D eigenvalue weighted by atomic mass is 9.86. The van der Waals surface area contributed by atoms with Crippen molar-refractivity contribution in [3.63, 3.8) is 0 Å². The van der Waals surface area contributed by atoms with Crippen LogP contribution in [0.15, 0.2) is 29.4 Å². The van der Waals surface area contributed by atoms with Crippen molar-refractivity contribution in [2.24, 2.45) is 11.0 Å². The average Bonchev–Trinajstić information content (AvgIpc) is 2.34. The molecule has 98 valence electrons. The summed E-state index contributed by atoms with van der Waals surface area (Å²) in [5.74, 6) is 0.00128. The monoisotopic (exact) mass is 247 g/mol. The summed E-state index contributed by atoms with van der Waals surface area (Å²) < 4.78 is 0. The summed E-state index contributed by atoms with van der Waals surface area (Å²) in [4.78, 5) is 2.73. The van der Waals surface area contributed by atoms with E-state index in [9.17, 15) is 5.11 Å². The first-order valence-electron chi connectivity index (χ1n) is 6.18. The van der Waals surface area contributed by atoms with Gasteiger partial charge in [-0.2, -0.15) is 0 Å². The minimum atomic E-state index is 0.00128. The molecule has 0 aliphatic heterocycles. The maximum absolute atomic E-state index is 9.21. The van der Waals surface area contributed by atoms with Gasteiger partial charge in [0, 0.05) is 18.1 Å². The Balaban J connectivity index is 2.70. The highest BCUT2D eigenvalue weighted by Crippen LogP contribution is 2.22. The van der Waals surface area contributed by atoms with Crippen LogP contribution in [0.2, 0.25) is 0 Å². The molecule has 4 nitrogen and oxygen atoms in total. The third-order valence-electron chi connectivity index (χ3n) is 3.01. The summed E-state index contributed by atoms with van der Waals surface area (Å²) in [6, 6.07) is 8.41. The van der Waals surface area contributed by atoms with Gasteiger partial charge in [-0.3, -0.25) is 0 Å². The van der Waals surface area contributed by atoms with E-state index in [2.05, 4.69) is 55.1 Å². The van der Waals surface area contributed by atoms with Crippen molar-refractivity contribution in [3.8, 4) is 0 Å². The van der Waals surface area contributed by atoms with Gasteiger partial charge < -0.3 is 5.11 Å². The number of hydrogen-bond donors (Lipinski definition) is 1. The molecule has 0 radical (unpaired) electrons. The van der Waals surface area contributed by atoms with Crippen LogP contribution in [-0.4, -0.2) is 18.3 Å². The van der Waals surface area contributed by atoms with Gasteiger partial charge in [0.1, 0.15) is 0 Å². The van der Waals surface area contributed by atoms with E-state index in [4.69, 9.17) is 5.53 Å². The van der Waals surface area contributed by atoms with Crippen molar-refractivity contribution in [2.75, 3.05) is 13.2 Å². The Morgan fingerprint density at radius 1 is 1.28 bits per heavy atom. The Morgan fingerprint density at radius 3 is 2.33 bits per heavy atom. The van der Waals surface area contributed by atoms with Gasteiger partial charge in [-0.15, -0.1) is 0 Å². The highest BCUT2D eigenvalue weighted by atomic mass is 16.3. The Labute approximate surface area is 108 Å². The van der Waals surface area contributed by atoms with E-state index in [1.165, 1.54) is 5.56 Å². The Hall–Kier alpha value is -1.51. The van der Waals surface area contributed by atoms with Crippen molar-refractivity contribution < 1.29 is 5.11 Å². The second-order valence-electron chi connectivity index (χ2n) is 5.61. The molecule has 0 aliphatic rings. The van der Waals surface area contributed by atoms with E-state index in [0.29, 0.717) is 6.54 Å². The lowest BCUT2D eigenvalue weighted by molar-refractivity contribution is 0.230. The minimum absolute atomic E-state index is 0.00128. The van der Waals surface area contributed by atoms with Gasteiger partial charge in [-0.1, -0.05) is 50.2 Å². The lowest BCUT2D eigenvalue weighted by Crippen LogP contribution is -2.14. The molecule has 1 N–H and O–H groups in total. The first-order chi connectivity index (χ1) is 8.47. The van der Waals surface area contributed by atoms with E-state index in [1.54, 1.807) is 0 Å². The van der Waals surface area contributed by atoms with Gasteiger partial charge in [-0.05, 0) is 34.4 Å². The maximum Gasteiger partial charge on any atom is 0.0463 e. The van der Waals surface area contributed by atoms with Crippen molar-refractivity contribution in [3.05, 3.63) is 45.8 Å².